The Balaban J connectivity index is 1.37. The number of rotatable bonds is 6. The molecule has 0 unspecified atom stereocenters. The zero-order chi connectivity index (χ0) is 25.0. The van der Waals surface area contributed by atoms with E-state index in [1.807, 2.05) is 0 Å². The van der Waals surface area contributed by atoms with Crippen LogP contribution >= 0.6 is 0 Å². The number of carbonyl (C=O) groups is 2. The first-order valence-electron chi connectivity index (χ1n) is 11.1. The number of ketones is 1. The van der Waals surface area contributed by atoms with Crippen LogP contribution in [0.1, 0.15) is 63.7 Å². The van der Waals surface area contributed by atoms with Crippen molar-refractivity contribution < 1.29 is 27.5 Å². The van der Waals surface area contributed by atoms with Gasteiger partial charge in [0.2, 0.25) is 5.88 Å². The number of hydrogen-bond donors (Lipinski definition) is 1. The van der Waals surface area contributed by atoms with Crippen molar-refractivity contribution in [1.29, 1.82) is 0 Å². The van der Waals surface area contributed by atoms with Gasteiger partial charge in [0.1, 0.15) is 0 Å². The highest BCUT2D eigenvalue weighted by Crippen LogP contribution is 2.38. The van der Waals surface area contributed by atoms with Crippen LogP contribution in [0.2, 0.25) is 0 Å². The summed E-state index contributed by atoms with van der Waals surface area (Å²) in [6, 6.07) is 11.4. The molecule has 0 spiro atoms. The number of anilines is 1. The molecule has 0 radical (unpaired) electrons. The van der Waals surface area contributed by atoms with E-state index in [9.17, 15) is 22.8 Å². The van der Waals surface area contributed by atoms with Crippen LogP contribution in [0.15, 0.2) is 54.7 Å². The Morgan fingerprint density at radius 1 is 1.00 bits per heavy atom. The summed E-state index contributed by atoms with van der Waals surface area (Å²) >= 11 is 0. The van der Waals surface area contributed by atoms with Crippen molar-refractivity contribution in [2.45, 2.75) is 37.8 Å². The van der Waals surface area contributed by atoms with Gasteiger partial charge in [-0.1, -0.05) is 18.2 Å². The molecule has 1 amide bonds. The summed E-state index contributed by atoms with van der Waals surface area (Å²) in [6.45, 7) is 0. The number of nitrogens with zero attached hydrogens (tertiary/aromatic N) is 3. The monoisotopic (exact) mass is 484 g/mol. The third-order valence-corrected chi connectivity index (χ3v) is 6.13. The maximum absolute atomic E-state index is 13.3. The highest BCUT2D eigenvalue weighted by Gasteiger charge is 2.37. The van der Waals surface area contributed by atoms with Crippen LogP contribution in [-0.4, -0.2) is 34.0 Å². The molecule has 1 aliphatic rings. The number of hydrogen-bond acceptors (Lipinski definition) is 6. The number of pyridine rings is 1. The van der Waals surface area contributed by atoms with Crippen molar-refractivity contribution in [2.75, 3.05) is 12.4 Å². The number of ether oxygens (including phenoxy) is 1. The number of halogens is 3. The molecule has 35 heavy (non-hydrogen) atoms. The average molecular weight is 484 g/mol. The second-order valence-electron chi connectivity index (χ2n) is 8.34. The summed E-state index contributed by atoms with van der Waals surface area (Å²) in [6.07, 6.45) is -0.946. The van der Waals surface area contributed by atoms with Crippen LogP contribution in [0.4, 0.5) is 18.9 Å². The summed E-state index contributed by atoms with van der Waals surface area (Å²) in [4.78, 5) is 29.3. The molecule has 0 aliphatic heterocycles. The first-order chi connectivity index (χ1) is 16.8. The number of amides is 1. The molecule has 10 heteroatoms. The Morgan fingerprint density at radius 3 is 2.40 bits per heavy atom. The zero-order valence-electron chi connectivity index (χ0n) is 18.9. The quantitative estimate of drug-likeness (QED) is 0.477. The maximum Gasteiger partial charge on any atom is 0.417 e. The maximum atomic E-state index is 13.3. The largest absolute Gasteiger partial charge is 0.481 e. The highest BCUT2D eigenvalue weighted by atomic mass is 19.4. The van der Waals surface area contributed by atoms with Gasteiger partial charge in [0.05, 0.1) is 18.4 Å². The molecule has 0 atom stereocenters. The molecule has 7 nitrogen and oxygen atoms in total. The SMILES string of the molecule is COc1cc(NC(=O)c2ccc(C3CCC(C(=O)c4ccccc4C(F)(F)F)CC3)nn2)ccn1. The summed E-state index contributed by atoms with van der Waals surface area (Å²) in [5, 5.41) is 10.9. The Hall–Kier alpha value is -3.82. The topological polar surface area (TPSA) is 94.1 Å². The van der Waals surface area contributed by atoms with Gasteiger partial charge in [-0.25, -0.2) is 4.98 Å². The van der Waals surface area contributed by atoms with Crippen LogP contribution < -0.4 is 10.1 Å². The second-order valence-corrected chi connectivity index (χ2v) is 8.34. The number of alkyl halides is 3. The minimum absolute atomic E-state index is 0.0194. The highest BCUT2D eigenvalue weighted by molar-refractivity contribution is 6.02. The van der Waals surface area contributed by atoms with E-state index in [-0.39, 0.29) is 17.2 Å². The predicted octanol–water partition coefficient (Wildman–Crippen LogP) is 5.31. The number of carbonyl (C=O) groups excluding carboxylic acids is 2. The van der Waals surface area contributed by atoms with Gasteiger partial charge in [0, 0.05) is 35.3 Å². The van der Waals surface area contributed by atoms with Crippen LogP contribution in [0.3, 0.4) is 0 Å². The van der Waals surface area contributed by atoms with Crippen LogP contribution in [0, 0.1) is 5.92 Å². The number of Topliss-reactive ketones (excluding diaryl/α,β-unsaturated/α-hetero) is 1. The van der Waals surface area contributed by atoms with E-state index < -0.39 is 29.3 Å². The first-order valence-corrected chi connectivity index (χ1v) is 11.1. The van der Waals surface area contributed by atoms with E-state index in [1.165, 1.54) is 31.5 Å². The molecule has 1 fully saturated rings. The summed E-state index contributed by atoms with van der Waals surface area (Å²) in [5.74, 6) is -0.992. The van der Waals surface area contributed by atoms with E-state index in [0.717, 1.165) is 6.07 Å². The number of aromatic nitrogens is 3. The van der Waals surface area contributed by atoms with Crippen molar-refractivity contribution >= 4 is 17.4 Å². The van der Waals surface area contributed by atoms with Crippen LogP contribution in [-0.2, 0) is 6.18 Å². The van der Waals surface area contributed by atoms with Crippen LogP contribution in [0.5, 0.6) is 5.88 Å². The Labute approximate surface area is 199 Å². The molecule has 1 N–H and O–H groups in total. The van der Waals surface area contributed by atoms with Gasteiger partial charge in [-0.2, -0.15) is 18.3 Å². The smallest absolute Gasteiger partial charge is 0.417 e. The Morgan fingerprint density at radius 2 is 1.74 bits per heavy atom. The summed E-state index contributed by atoms with van der Waals surface area (Å²) in [5.41, 5.74) is 0.163. The molecule has 2 heterocycles. The Bertz CT molecular complexity index is 1210. The van der Waals surface area contributed by atoms with Crippen molar-refractivity contribution in [2.24, 2.45) is 5.92 Å². The van der Waals surface area contributed by atoms with Gasteiger partial charge in [-0.3, -0.25) is 9.59 Å². The number of methoxy groups -OCH3 is 1. The first kappa shape index (κ1) is 24.3. The van der Waals surface area contributed by atoms with Crippen molar-refractivity contribution in [1.82, 2.24) is 15.2 Å². The van der Waals surface area contributed by atoms with E-state index >= 15 is 0 Å². The van der Waals surface area contributed by atoms with Crippen molar-refractivity contribution in [3.63, 3.8) is 0 Å². The molecule has 1 saturated carbocycles. The second kappa shape index (κ2) is 10.2. The fraction of sp³-hybridized carbons (Fsp3) is 0.320. The molecule has 1 aliphatic carbocycles. The van der Waals surface area contributed by atoms with Gasteiger partial charge < -0.3 is 10.1 Å². The molecule has 0 saturated heterocycles. The number of nitrogens with one attached hydrogen (secondary N) is 1. The standard InChI is InChI=1S/C25H23F3N4O3/c1-35-22-14-17(12-13-29-22)30-24(34)21-11-10-20(31-32-21)15-6-8-16(9-7-15)23(33)18-4-2-3-5-19(18)25(26,27)28/h2-5,10-16H,6-9H2,1H3,(H,29,30,34). The third kappa shape index (κ3) is 5.64. The number of benzene rings is 1. The molecule has 182 valence electrons. The fourth-order valence-corrected chi connectivity index (χ4v) is 4.29. The lowest BCUT2D eigenvalue weighted by Crippen LogP contribution is -2.24. The van der Waals surface area contributed by atoms with E-state index in [2.05, 4.69) is 20.5 Å². The predicted molar refractivity (Wildman–Crippen MR) is 121 cm³/mol. The van der Waals surface area contributed by atoms with Gasteiger partial charge >= 0.3 is 6.18 Å². The van der Waals surface area contributed by atoms with Gasteiger partial charge in [-0.05, 0) is 49.9 Å². The molecule has 4 rings (SSSR count). The van der Waals surface area contributed by atoms with E-state index in [0.29, 0.717) is 42.9 Å². The average Bonchev–Trinajstić information content (AvgIpc) is 2.88. The minimum atomic E-state index is -4.57. The fourth-order valence-electron chi connectivity index (χ4n) is 4.29. The van der Waals surface area contributed by atoms with Crippen molar-refractivity contribution in [3.05, 3.63) is 77.2 Å². The summed E-state index contributed by atoms with van der Waals surface area (Å²) < 4.78 is 44.9. The molecule has 1 aromatic carbocycles. The van der Waals surface area contributed by atoms with E-state index in [1.54, 1.807) is 24.3 Å². The minimum Gasteiger partial charge on any atom is -0.481 e. The molecular formula is C25H23F3N4O3. The lowest BCUT2D eigenvalue weighted by Gasteiger charge is -2.27. The molecular weight excluding hydrogens is 461 g/mol. The van der Waals surface area contributed by atoms with Gasteiger partial charge in [0.25, 0.3) is 5.91 Å². The summed E-state index contributed by atoms with van der Waals surface area (Å²) in [7, 11) is 1.48. The third-order valence-electron chi connectivity index (χ3n) is 6.13. The van der Waals surface area contributed by atoms with Gasteiger partial charge in [0.15, 0.2) is 11.5 Å². The zero-order valence-corrected chi connectivity index (χ0v) is 18.9. The molecule has 3 aromatic rings. The van der Waals surface area contributed by atoms with Crippen molar-refractivity contribution in [3.8, 4) is 5.88 Å². The lowest BCUT2D eigenvalue weighted by molar-refractivity contribution is -0.138. The normalized spacial score (nSPS) is 18.1. The molecule has 2 aromatic heterocycles. The van der Waals surface area contributed by atoms with E-state index in [4.69, 9.17) is 4.74 Å². The molecule has 0 bridgehead atoms. The Kier molecular flexibility index (Phi) is 7.09. The van der Waals surface area contributed by atoms with Crippen LogP contribution in [0.25, 0.3) is 0 Å². The van der Waals surface area contributed by atoms with Gasteiger partial charge in [-0.15, -0.1) is 5.10 Å². The lowest BCUT2D eigenvalue weighted by atomic mass is 9.77.